The molecule has 2 amide bonds. The molecule has 0 atom stereocenters. The lowest BCUT2D eigenvalue weighted by molar-refractivity contribution is -0.385. The van der Waals surface area contributed by atoms with Gasteiger partial charge >= 0.3 is 0 Å². The van der Waals surface area contributed by atoms with Crippen LogP contribution in [0.5, 0.6) is 0 Å². The van der Waals surface area contributed by atoms with Crippen molar-refractivity contribution in [3.05, 3.63) is 39.7 Å². The van der Waals surface area contributed by atoms with Crippen LogP contribution in [0.4, 0.5) is 10.1 Å². The van der Waals surface area contributed by atoms with E-state index in [1.807, 2.05) is 4.90 Å². The van der Waals surface area contributed by atoms with Crippen molar-refractivity contribution in [1.29, 1.82) is 0 Å². The molecule has 0 bridgehead atoms. The van der Waals surface area contributed by atoms with E-state index in [0.29, 0.717) is 25.9 Å². The maximum Gasteiger partial charge on any atom is 0.272 e. The molecule has 2 rings (SSSR count). The maximum absolute atomic E-state index is 13.8. The number of primary amides is 1. The molecule has 8 nitrogen and oxygen atoms in total. The number of halogens is 1. The van der Waals surface area contributed by atoms with Crippen molar-refractivity contribution in [1.82, 2.24) is 10.2 Å². The predicted molar refractivity (Wildman–Crippen MR) is 79.2 cm³/mol. The Hall–Kier alpha value is -2.55. The molecule has 1 aromatic rings. The molecule has 0 aliphatic carbocycles. The van der Waals surface area contributed by atoms with Crippen molar-refractivity contribution >= 4 is 17.5 Å². The van der Waals surface area contributed by atoms with Crippen molar-refractivity contribution < 1.29 is 18.9 Å². The zero-order valence-electron chi connectivity index (χ0n) is 12.3. The Morgan fingerprint density at radius 3 is 2.57 bits per heavy atom. The first-order chi connectivity index (χ1) is 10.9. The first-order valence-electron chi connectivity index (χ1n) is 7.12. The second-order valence-corrected chi connectivity index (χ2v) is 5.41. The van der Waals surface area contributed by atoms with Gasteiger partial charge in [-0.05, 0) is 18.9 Å². The fraction of sp³-hybridized carbons (Fsp3) is 0.429. The topological polar surface area (TPSA) is 119 Å². The van der Waals surface area contributed by atoms with Crippen LogP contribution in [-0.2, 0) is 4.79 Å². The van der Waals surface area contributed by atoms with Crippen LogP contribution >= 0.6 is 0 Å². The highest BCUT2D eigenvalue weighted by Gasteiger charge is 2.23. The third-order valence-corrected chi connectivity index (χ3v) is 3.71. The number of nitro benzene ring substituents is 1. The first-order valence-corrected chi connectivity index (χ1v) is 7.12. The maximum atomic E-state index is 13.8. The van der Waals surface area contributed by atoms with Gasteiger partial charge in [-0.3, -0.25) is 24.6 Å². The molecule has 9 heteroatoms. The van der Waals surface area contributed by atoms with E-state index < -0.39 is 28.2 Å². The number of rotatable bonds is 5. The molecule has 1 aromatic carbocycles. The molecular weight excluding hydrogens is 307 g/mol. The summed E-state index contributed by atoms with van der Waals surface area (Å²) in [5.74, 6) is -1.94. The lowest BCUT2D eigenvalue weighted by Crippen LogP contribution is -2.46. The molecule has 0 saturated carbocycles. The van der Waals surface area contributed by atoms with Gasteiger partial charge in [0.1, 0.15) is 5.82 Å². The molecule has 0 unspecified atom stereocenters. The second-order valence-electron chi connectivity index (χ2n) is 5.41. The summed E-state index contributed by atoms with van der Waals surface area (Å²) in [6.07, 6.45) is 1.24. The molecule has 1 aliphatic heterocycles. The van der Waals surface area contributed by atoms with Crippen LogP contribution in [0.25, 0.3) is 0 Å². The van der Waals surface area contributed by atoms with E-state index in [-0.39, 0.29) is 18.2 Å². The van der Waals surface area contributed by atoms with Crippen LogP contribution < -0.4 is 11.1 Å². The van der Waals surface area contributed by atoms with Gasteiger partial charge in [-0.25, -0.2) is 4.39 Å². The molecule has 0 spiro atoms. The largest absolute Gasteiger partial charge is 0.369 e. The van der Waals surface area contributed by atoms with Gasteiger partial charge in [-0.1, -0.05) is 0 Å². The fourth-order valence-corrected chi connectivity index (χ4v) is 2.52. The van der Waals surface area contributed by atoms with Crippen molar-refractivity contribution in [2.24, 2.45) is 5.73 Å². The zero-order chi connectivity index (χ0) is 17.0. The number of benzene rings is 1. The number of nitrogens with two attached hydrogens (primary N) is 1. The SMILES string of the molecule is NC(=O)CN1CCC(NC(=O)c2ccc([N+](=O)[O-])cc2F)CC1. The highest BCUT2D eigenvalue weighted by Crippen LogP contribution is 2.17. The summed E-state index contributed by atoms with van der Waals surface area (Å²) >= 11 is 0. The number of non-ortho nitro benzene ring substituents is 1. The van der Waals surface area contributed by atoms with E-state index >= 15 is 0 Å². The summed E-state index contributed by atoms with van der Waals surface area (Å²) in [4.78, 5) is 34.6. The zero-order valence-corrected chi connectivity index (χ0v) is 12.3. The molecule has 124 valence electrons. The number of nitrogens with one attached hydrogen (secondary N) is 1. The average Bonchev–Trinajstić information content (AvgIpc) is 2.48. The molecule has 3 N–H and O–H groups in total. The van der Waals surface area contributed by atoms with E-state index in [9.17, 15) is 24.1 Å². The molecule has 1 aliphatic rings. The van der Waals surface area contributed by atoms with E-state index in [1.165, 1.54) is 0 Å². The number of carbonyl (C=O) groups is 2. The number of nitrogens with zero attached hydrogens (tertiary/aromatic N) is 2. The number of hydrogen-bond donors (Lipinski definition) is 2. The molecule has 0 aromatic heterocycles. The summed E-state index contributed by atoms with van der Waals surface area (Å²) < 4.78 is 13.8. The van der Waals surface area contributed by atoms with Crippen molar-refractivity contribution in [3.8, 4) is 0 Å². The van der Waals surface area contributed by atoms with Gasteiger partial charge in [0, 0.05) is 25.2 Å². The van der Waals surface area contributed by atoms with Crippen molar-refractivity contribution in [2.75, 3.05) is 19.6 Å². The Morgan fingerprint density at radius 1 is 1.39 bits per heavy atom. The van der Waals surface area contributed by atoms with Gasteiger partial charge in [0.25, 0.3) is 11.6 Å². The van der Waals surface area contributed by atoms with Gasteiger partial charge in [-0.2, -0.15) is 0 Å². The minimum Gasteiger partial charge on any atom is -0.369 e. The van der Waals surface area contributed by atoms with Gasteiger partial charge in [-0.15, -0.1) is 0 Å². The van der Waals surface area contributed by atoms with E-state index in [1.54, 1.807) is 0 Å². The Morgan fingerprint density at radius 2 is 2.04 bits per heavy atom. The predicted octanol–water partition coefficient (Wildman–Crippen LogP) is 0.413. The van der Waals surface area contributed by atoms with Gasteiger partial charge < -0.3 is 11.1 Å². The minimum atomic E-state index is -0.928. The number of piperidine rings is 1. The molecule has 1 fully saturated rings. The first kappa shape index (κ1) is 16.8. The molecule has 1 heterocycles. The van der Waals surface area contributed by atoms with Crippen molar-refractivity contribution in [3.63, 3.8) is 0 Å². The summed E-state index contributed by atoms with van der Waals surface area (Å²) in [7, 11) is 0. The molecular formula is C14H17FN4O4. The normalized spacial score (nSPS) is 16.0. The third kappa shape index (κ3) is 4.46. The lowest BCUT2D eigenvalue weighted by atomic mass is 10.0. The lowest BCUT2D eigenvalue weighted by Gasteiger charge is -2.31. The fourth-order valence-electron chi connectivity index (χ4n) is 2.52. The number of likely N-dealkylation sites (tertiary alicyclic amines) is 1. The molecule has 23 heavy (non-hydrogen) atoms. The number of carbonyl (C=O) groups excluding carboxylic acids is 2. The Bertz CT molecular complexity index is 629. The van der Waals surface area contributed by atoms with Gasteiger partial charge in [0.15, 0.2) is 0 Å². The highest BCUT2D eigenvalue weighted by molar-refractivity contribution is 5.94. The van der Waals surface area contributed by atoms with E-state index in [4.69, 9.17) is 5.73 Å². The van der Waals surface area contributed by atoms with Crippen LogP contribution in [0.3, 0.4) is 0 Å². The van der Waals surface area contributed by atoms with Crippen LogP contribution in [0.15, 0.2) is 18.2 Å². The van der Waals surface area contributed by atoms with Gasteiger partial charge in [0.2, 0.25) is 5.91 Å². The van der Waals surface area contributed by atoms with Crippen LogP contribution in [-0.4, -0.2) is 47.3 Å². The molecule has 1 saturated heterocycles. The molecule has 0 radical (unpaired) electrons. The quantitative estimate of drug-likeness (QED) is 0.601. The van der Waals surface area contributed by atoms with E-state index in [0.717, 1.165) is 18.2 Å². The summed E-state index contributed by atoms with van der Waals surface area (Å²) in [5, 5.41) is 13.3. The monoisotopic (exact) mass is 324 g/mol. The summed E-state index contributed by atoms with van der Waals surface area (Å²) in [6.45, 7) is 1.39. The van der Waals surface area contributed by atoms with Crippen molar-refractivity contribution in [2.45, 2.75) is 18.9 Å². The number of hydrogen-bond acceptors (Lipinski definition) is 5. The van der Waals surface area contributed by atoms with Crippen LogP contribution in [0.2, 0.25) is 0 Å². The van der Waals surface area contributed by atoms with Crippen LogP contribution in [0.1, 0.15) is 23.2 Å². The Kier molecular flexibility index (Phi) is 5.22. The van der Waals surface area contributed by atoms with Crippen LogP contribution in [0, 0.1) is 15.9 Å². The third-order valence-electron chi connectivity index (χ3n) is 3.71. The summed E-state index contributed by atoms with van der Waals surface area (Å²) in [6, 6.07) is 2.78. The van der Waals surface area contributed by atoms with E-state index in [2.05, 4.69) is 5.32 Å². The summed E-state index contributed by atoms with van der Waals surface area (Å²) in [5.41, 5.74) is 4.49. The Balaban J connectivity index is 1.93. The highest BCUT2D eigenvalue weighted by atomic mass is 19.1. The average molecular weight is 324 g/mol. The Labute approximate surface area is 131 Å². The second kappa shape index (κ2) is 7.14. The minimum absolute atomic E-state index is 0.138. The standard InChI is InChI=1S/C14H17FN4O4/c15-12-7-10(19(22)23)1-2-11(12)14(21)17-9-3-5-18(6-4-9)8-13(16)20/h1-2,7,9H,3-6,8H2,(H2,16,20)(H,17,21). The number of nitro groups is 1. The smallest absolute Gasteiger partial charge is 0.272 e. The number of amides is 2. The van der Waals surface area contributed by atoms with Gasteiger partial charge in [0.05, 0.1) is 23.1 Å².